The summed E-state index contributed by atoms with van der Waals surface area (Å²) in [5.74, 6) is -2.16. The molecule has 0 saturated heterocycles. The van der Waals surface area contributed by atoms with E-state index in [-0.39, 0.29) is 19.6 Å². The average Bonchev–Trinajstić information content (AvgIpc) is 2.41. The minimum absolute atomic E-state index is 0.129. The van der Waals surface area contributed by atoms with E-state index in [1.165, 1.54) is 0 Å². The van der Waals surface area contributed by atoms with E-state index in [1.807, 2.05) is 30.3 Å². The molecule has 1 rings (SSSR count). The largest absolute Gasteiger partial charge is 0.460 e. The van der Waals surface area contributed by atoms with Crippen molar-refractivity contribution in [2.45, 2.75) is 39.4 Å². The summed E-state index contributed by atoms with van der Waals surface area (Å²) in [6.45, 7) is 5.59. The molecule has 0 radical (unpaired) electrons. The Morgan fingerprint density at radius 3 is 2.29 bits per heavy atom. The second-order valence-electron chi connectivity index (χ2n) is 5.76. The van der Waals surface area contributed by atoms with Crippen LogP contribution in [0.1, 0.15) is 32.8 Å². The van der Waals surface area contributed by atoms with Crippen molar-refractivity contribution in [2.24, 2.45) is 11.7 Å². The second-order valence-corrected chi connectivity index (χ2v) is 5.76. The molecule has 1 aromatic carbocycles. The molecule has 0 aromatic heterocycles. The first-order valence-corrected chi connectivity index (χ1v) is 6.97. The molecule has 0 amide bonds. The lowest BCUT2D eigenvalue weighted by Crippen LogP contribution is -2.35. The average molecular weight is 293 g/mol. The molecule has 1 atom stereocenters. The van der Waals surface area contributed by atoms with Crippen molar-refractivity contribution < 1.29 is 19.1 Å². The molecular weight excluding hydrogens is 270 g/mol. The van der Waals surface area contributed by atoms with Crippen LogP contribution in [-0.2, 0) is 25.7 Å². The van der Waals surface area contributed by atoms with Crippen LogP contribution in [0.5, 0.6) is 0 Å². The standard InChI is InChI=1S/C16H23NO4/c1-16(2,3)21-15(19)13(9-10-17)14(18)20-11-12-7-5-4-6-8-12/h4-8,13H,9-11,17H2,1-3H3/t13-/m0/s1. The molecule has 0 unspecified atom stereocenters. The van der Waals surface area contributed by atoms with Gasteiger partial charge >= 0.3 is 11.9 Å². The smallest absolute Gasteiger partial charge is 0.320 e. The van der Waals surface area contributed by atoms with Crippen molar-refractivity contribution in [3.05, 3.63) is 35.9 Å². The summed E-state index contributed by atoms with van der Waals surface area (Å²) in [6, 6.07) is 9.28. The van der Waals surface area contributed by atoms with Gasteiger partial charge in [-0.25, -0.2) is 0 Å². The van der Waals surface area contributed by atoms with Gasteiger partial charge in [-0.3, -0.25) is 9.59 Å². The number of hydrogen-bond donors (Lipinski definition) is 1. The number of esters is 2. The van der Waals surface area contributed by atoms with Crippen LogP contribution < -0.4 is 5.73 Å². The first-order chi connectivity index (χ1) is 9.83. The number of ether oxygens (including phenoxy) is 2. The van der Waals surface area contributed by atoms with Gasteiger partial charge < -0.3 is 15.2 Å². The van der Waals surface area contributed by atoms with Crippen molar-refractivity contribution in [3.8, 4) is 0 Å². The van der Waals surface area contributed by atoms with Crippen LogP contribution in [0.2, 0.25) is 0 Å². The van der Waals surface area contributed by atoms with Crippen LogP contribution in [0.25, 0.3) is 0 Å². The third kappa shape index (κ3) is 6.40. The summed E-state index contributed by atoms with van der Waals surface area (Å²) < 4.78 is 10.4. The lowest BCUT2D eigenvalue weighted by molar-refractivity contribution is -0.170. The zero-order valence-corrected chi connectivity index (χ0v) is 12.8. The Kier molecular flexibility index (Phi) is 6.37. The Morgan fingerprint density at radius 1 is 1.14 bits per heavy atom. The normalized spacial score (nSPS) is 12.6. The second kappa shape index (κ2) is 7.78. The molecule has 0 aliphatic carbocycles. The van der Waals surface area contributed by atoms with Gasteiger partial charge in [-0.2, -0.15) is 0 Å². The minimum atomic E-state index is -0.974. The number of rotatable bonds is 6. The maximum Gasteiger partial charge on any atom is 0.320 e. The van der Waals surface area contributed by atoms with Crippen molar-refractivity contribution in [2.75, 3.05) is 6.54 Å². The van der Waals surface area contributed by atoms with E-state index in [2.05, 4.69) is 0 Å². The van der Waals surface area contributed by atoms with E-state index in [4.69, 9.17) is 15.2 Å². The SMILES string of the molecule is CC(C)(C)OC(=O)[C@@H](CCN)C(=O)OCc1ccccc1. The van der Waals surface area contributed by atoms with Crippen molar-refractivity contribution in [1.82, 2.24) is 0 Å². The topological polar surface area (TPSA) is 78.6 Å². The van der Waals surface area contributed by atoms with Gasteiger partial charge in [-0.15, -0.1) is 0 Å². The summed E-state index contributed by atoms with van der Waals surface area (Å²) in [7, 11) is 0. The van der Waals surface area contributed by atoms with E-state index in [0.29, 0.717) is 0 Å². The highest BCUT2D eigenvalue weighted by molar-refractivity contribution is 5.95. The van der Waals surface area contributed by atoms with E-state index < -0.39 is 23.5 Å². The molecule has 2 N–H and O–H groups in total. The maximum atomic E-state index is 12.1. The molecule has 0 heterocycles. The Labute approximate surface area is 125 Å². The van der Waals surface area contributed by atoms with Gasteiger partial charge in [0.2, 0.25) is 0 Å². The molecule has 0 saturated carbocycles. The van der Waals surface area contributed by atoms with Crippen LogP contribution in [0.4, 0.5) is 0 Å². The molecule has 5 heteroatoms. The molecule has 1 aromatic rings. The molecule has 0 bridgehead atoms. The molecule has 0 fully saturated rings. The Morgan fingerprint density at radius 2 is 1.76 bits per heavy atom. The van der Waals surface area contributed by atoms with Gasteiger partial charge in [0, 0.05) is 0 Å². The van der Waals surface area contributed by atoms with Gasteiger partial charge in [-0.05, 0) is 39.3 Å². The summed E-state index contributed by atoms with van der Waals surface area (Å²) in [4.78, 5) is 24.1. The van der Waals surface area contributed by atoms with Crippen molar-refractivity contribution in [3.63, 3.8) is 0 Å². The number of hydrogen-bond acceptors (Lipinski definition) is 5. The van der Waals surface area contributed by atoms with E-state index in [1.54, 1.807) is 20.8 Å². The molecule has 5 nitrogen and oxygen atoms in total. The van der Waals surface area contributed by atoms with Crippen LogP contribution in [0, 0.1) is 5.92 Å². The van der Waals surface area contributed by atoms with Gasteiger partial charge in [0.1, 0.15) is 12.2 Å². The lowest BCUT2D eigenvalue weighted by Gasteiger charge is -2.23. The molecule has 0 aliphatic heterocycles. The van der Waals surface area contributed by atoms with Crippen LogP contribution in [-0.4, -0.2) is 24.1 Å². The molecule has 21 heavy (non-hydrogen) atoms. The predicted octanol–water partition coefficient (Wildman–Crippen LogP) is 2.04. The Hall–Kier alpha value is -1.88. The Bertz CT molecular complexity index is 465. The summed E-state index contributed by atoms with van der Waals surface area (Å²) >= 11 is 0. The summed E-state index contributed by atoms with van der Waals surface area (Å²) in [5, 5.41) is 0. The quantitative estimate of drug-likeness (QED) is 0.641. The lowest BCUT2D eigenvalue weighted by atomic mass is 10.1. The highest BCUT2D eigenvalue weighted by Gasteiger charge is 2.31. The van der Waals surface area contributed by atoms with E-state index >= 15 is 0 Å². The van der Waals surface area contributed by atoms with Crippen molar-refractivity contribution >= 4 is 11.9 Å². The zero-order valence-electron chi connectivity index (χ0n) is 12.8. The van der Waals surface area contributed by atoms with Crippen molar-refractivity contribution in [1.29, 1.82) is 0 Å². The molecule has 116 valence electrons. The fourth-order valence-electron chi connectivity index (χ4n) is 1.70. The third-order valence-electron chi connectivity index (χ3n) is 2.66. The Balaban J connectivity index is 2.62. The highest BCUT2D eigenvalue weighted by atomic mass is 16.6. The summed E-state index contributed by atoms with van der Waals surface area (Å²) in [5.41, 5.74) is 5.67. The fraction of sp³-hybridized carbons (Fsp3) is 0.500. The number of carbonyl (C=O) groups is 2. The van der Waals surface area contributed by atoms with Gasteiger partial charge in [0.25, 0.3) is 0 Å². The minimum Gasteiger partial charge on any atom is -0.460 e. The number of benzene rings is 1. The van der Waals surface area contributed by atoms with Crippen LogP contribution in [0.3, 0.4) is 0 Å². The zero-order chi connectivity index (χ0) is 15.9. The first-order valence-electron chi connectivity index (χ1n) is 6.97. The van der Waals surface area contributed by atoms with E-state index in [0.717, 1.165) is 5.56 Å². The predicted molar refractivity (Wildman–Crippen MR) is 79.2 cm³/mol. The van der Waals surface area contributed by atoms with Gasteiger partial charge in [-0.1, -0.05) is 30.3 Å². The summed E-state index contributed by atoms with van der Waals surface area (Å²) in [6.07, 6.45) is 0.211. The molecular formula is C16H23NO4. The van der Waals surface area contributed by atoms with Gasteiger partial charge in [0.15, 0.2) is 5.92 Å². The monoisotopic (exact) mass is 293 g/mol. The number of carbonyl (C=O) groups excluding carboxylic acids is 2. The fourth-order valence-corrected chi connectivity index (χ4v) is 1.70. The molecule has 0 aliphatic rings. The molecule has 0 spiro atoms. The van der Waals surface area contributed by atoms with Gasteiger partial charge in [0.05, 0.1) is 0 Å². The third-order valence-corrected chi connectivity index (χ3v) is 2.66. The highest BCUT2D eigenvalue weighted by Crippen LogP contribution is 2.15. The number of nitrogens with two attached hydrogens (primary N) is 1. The van der Waals surface area contributed by atoms with Crippen LogP contribution >= 0.6 is 0 Å². The van der Waals surface area contributed by atoms with E-state index in [9.17, 15) is 9.59 Å². The van der Waals surface area contributed by atoms with Crippen LogP contribution in [0.15, 0.2) is 30.3 Å². The first kappa shape index (κ1) is 17.2. The maximum absolute atomic E-state index is 12.1.